The Labute approximate surface area is 177 Å². The summed E-state index contributed by atoms with van der Waals surface area (Å²) < 4.78 is 43.3. The predicted molar refractivity (Wildman–Crippen MR) is 107 cm³/mol. The minimum Gasteiger partial charge on any atom is -0.375 e. The highest BCUT2D eigenvalue weighted by Crippen LogP contribution is 2.66. The minimum atomic E-state index is -4.77. The molecule has 0 unspecified atom stereocenters. The largest absolute Gasteiger partial charge is 0.450 e. The number of hydrogen-bond acceptors (Lipinski definition) is 3. The summed E-state index contributed by atoms with van der Waals surface area (Å²) in [6.45, 7) is 6.46. The van der Waals surface area contributed by atoms with Gasteiger partial charge in [-0.3, -0.25) is 9.59 Å². The molecule has 4 saturated carbocycles. The molecule has 0 aliphatic heterocycles. The van der Waals surface area contributed by atoms with Crippen LogP contribution in [-0.2, 0) is 14.3 Å². The first-order valence-electron chi connectivity index (χ1n) is 11.7. The zero-order valence-corrected chi connectivity index (χ0v) is 18.4. The molecule has 0 aromatic rings. The van der Waals surface area contributed by atoms with E-state index in [1.807, 2.05) is 6.92 Å². The highest BCUT2D eigenvalue weighted by molar-refractivity contribution is 5.87. The third-order valence-corrected chi connectivity index (χ3v) is 9.74. The first kappa shape index (κ1) is 22.3. The third kappa shape index (κ3) is 3.55. The molecular formula is C24H35F3O3. The lowest BCUT2D eigenvalue weighted by Gasteiger charge is -2.61. The van der Waals surface area contributed by atoms with Gasteiger partial charge in [-0.1, -0.05) is 13.8 Å². The van der Waals surface area contributed by atoms with E-state index in [9.17, 15) is 22.8 Å². The van der Waals surface area contributed by atoms with Crippen molar-refractivity contribution in [3.8, 4) is 0 Å². The van der Waals surface area contributed by atoms with Crippen molar-refractivity contribution in [1.82, 2.24) is 0 Å². The van der Waals surface area contributed by atoms with E-state index in [-0.39, 0.29) is 17.4 Å². The molecule has 30 heavy (non-hydrogen) atoms. The van der Waals surface area contributed by atoms with Gasteiger partial charge in [-0.15, -0.1) is 0 Å². The van der Waals surface area contributed by atoms with Crippen molar-refractivity contribution in [2.24, 2.45) is 34.5 Å². The van der Waals surface area contributed by atoms with Crippen molar-refractivity contribution in [3.05, 3.63) is 0 Å². The summed E-state index contributed by atoms with van der Waals surface area (Å²) in [6.07, 6.45) is 3.50. The van der Waals surface area contributed by atoms with Gasteiger partial charge in [-0.05, 0) is 87.4 Å². The predicted octanol–water partition coefficient (Wildman–Crippen LogP) is 5.90. The summed E-state index contributed by atoms with van der Waals surface area (Å²) in [5.41, 5.74) is -0.336. The second-order valence-electron chi connectivity index (χ2n) is 11.2. The zero-order chi connectivity index (χ0) is 21.9. The smallest absolute Gasteiger partial charge is 0.375 e. The Morgan fingerprint density at radius 2 is 1.77 bits per heavy atom. The van der Waals surface area contributed by atoms with Crippen LogP contribution < -0.4 is 0 Å². The molecule has 4 rings (SSSR count). The van der Waals surface area contributed by atoms with Crippen LogP contribution in [0.5, 0.6) is 0 Å². The van der Waals surface area contributed by atoms with Gasteiger partial charge in [0.05, 0.1) is 12.2 Å². The van der Waals surface area contributed by atoms with Gasteiger partial charge in [0.15, 0.2) is 0 Å². The van der Waals surface area contributed by atoms with Crippen LogP contribution in [-0.4, -0.2) is 30.0 Å². The number of alkyl halides is 3. The summed E-state index contributed by atoms with van der Waals surface area (Å²) in [6, 6.07) is 0. The second-order valence-corrected chi connectivity index (χ2v) is 11.2. The Morgan fingerprint density at radius 1 is 1.03 bits per heavy atom. The van der Waals surface area contributed by atoms with Crippen molar-refractivity contribution in [3.63, 3.8) is 0 Å². The molecule has 4 aliphatic rings. The number of rotatable bonds is 4. The van der Waals surface area contributed by atoms with Gasteiger partial charge in [0.2, 0.25) is 5.78 Å². The molecule has 0 spiro atoms. The van der Waals surface area contributed by atoms with Crippen molar-refractivity contribution >= 4 is 11.6 Å². The Kier molecular flexibility index (Phi) is 5.43. The van der Waals surface area contributed by atoms with Crippen LogP contribution in [0.15, 0.2) is 0 Å². The lowest BCUT2D eigenvalue weighted by atomic mass is 9.44. The first-order valence-corrected chi connectivity index (χ1v) is 11.7. The summed E-state index contributed by atoms with van der Waals surface area (Å²) in [4.78, 5) is 23.7. The maximum absolute atomic E-state index is 12.6. The number of fused-ring (bicyclic) bond motifs is 5. The molecule has 7 atom stereocenters. The number of halogens is 3. The topological polar surface area (TPSA) is 43.4 Å². The van der Waals surface area contributed by atoms with Crippen LogP contribution in [0.3, 0.4) is 0 Å². The van der Waals surface area contributed by atoms with E-state index < -0.39 is 24.0 Å². The van der Waals surface area contributed by atoms with Gasteiger partial charge in [0, 0.05) is 18.3 Å². The van der Waals surface area contributed by atoms with Crippen molar-refractivity contribution in [2.75, 3.05) is 6.61 Å². The van der Waals surface area contributed by atoms with Gasteiger partial charge >= 0.3 is 6.18 Å². The maximum Gasteiger partial charge on any atom is 0.450 e. The van der Waals surface area contributed by atoms with Gasteiger partial charge in [-0.2, -0.15) is 13.2 Å². The van der Waals surface area contributed by atoms with Gasteiger partial charge in [0.1, 0.15) is 5.78 Å². The summed E-state index contributed by atoms with van der Waals surface area (Å²) in [5, 5.41) is 0. The molecule has 0 aromatic heterocycles. The summed E-state index contributed by atoms with van der Waals surface area (Å²) >= 11 is 0. The van der Waals surface area contributed by atoms with E-state index in [1.54, 1.807) is 0 Å². The molecule has 4 aliphatic carbocycles. The maximum atomic E-state index is 12.6. The molecule has 4 fully saturated rings. The molecule has 3 nitrogen and oxygen atoms in total. The monoisotopic (exact) mass is 428 g/mol. The van der Waals surface area contributed by atoms with Crippen molar-refractivity contribution in [1.29, 1.82) is 0 Å². The van der Waals surface area contributed by atoms with Crippen molar-refractivity contribution < 1.29 is 27.5 Å². The molecule has 0 aromatic carbocycles. The third-order valence-electron chi connectivity index (χ3n) is 9.74. The number of ether oxygens (including phenoxy) is 1. The van der Waals surface area contributed by atoms with E-state index in [0.717, 1.165) is 57.8 Å². The Hall–Kier alpha value is -0.910. The van der Waals surface area contributed by atoms with Crippen LogP contribution in [0.2, 0.25) is 0 Å². The summed E-state index contributed by atoms with van der Waals surface area (Å²) in [5.74, 6) is 1.05. The number of ketones is 2. The first-order chi connectivity index (χ1) is 13.9. The average Bonchev–Trinajstić information content (AvgIpc) is 2.97. The Bertz CT molecular complexity index is 719. The number of hydrogen-bond donors (Lipinski definition) is 0. The van der Waals surface area contributed by atoms with Crippen LogP contribution in [0.4, 0.5) is 13.2 Å². The molecular weight excluding hydrogens is 393 g/mol. The fourth-order valence-corrected chi connectivity index (χ4v) is 7.85. The highest BCUT2D eigenvalue weighted by Gasteiger charge is 2.61. The SMILES string of the molecule is C[C@@]1(OCCC(=O)C(F)(F)F)CC[C@@]2(C)[C@@H](CC[C@@H]3[C@@H]2CC[C@]2(C)C(=O)CC[C@@H]32)C1. The van der Waals surface area contributed by atoms with Crippen molar-refractivity contribution in [2.45, 2.75) is 96.8 Å². The molecule has 0 heterocycles. The van der Waals surface area contributed by atoms with Crippen LogP contribution in [0.25, 0.3) is 0 Å². The fraction of sp³-hybridized carbons (Fsp3) is 0.917. The molecule has 0 amide bonds. The molecule has 6 heteroatoms. The number of Topliss-reactive ketones (excluding diaryl/α,β-unsaturated/α-hetero) is 2. The van der Waals surface area contributed by atoms with Gasteiger partial charge in [0.25, 0.3) is 0 Å². The molecule has 0 saturated heterocycles. The van der Waals surface area contributed by atoms with E-state index in [4.69, 9.17) is 4.74 Å². The van der Waals surface area contributed by atoms with E-state index >= 15 is 0 Å². The standard InChI is InChI=1S/C24H35F3O3/c1-21(30-13-9-20(29)24(25,26)27)11-12-22(2)15(14-21)4-5-16-17-6-7-19(28)23(17,3)10-8-18(16)22/h15-18H,4-14H2,1-3H3/t15-,16-,17-,18-,21+,22-,23-/m0/s1. The molecule has 0 bridgehead atoms. The second kappa shape index (κ2) is 7.31. The van der Waals surface area contributed by atoms with E-state index in [1.165, 1.54) is 0 Å². The average molecular weight is 429 g/mol. The van der Waals surface area contributed by atoms with E-state index in [2.05, 4.69) is 13.8 Å². The van der Waals surface area contributed by atoms with Gasteiger partial charge in [-0.25, -0.2) is 0 Å². The lowest BCUT2D eigenvalue weighted by Crippen LogP contribution is -2.56. The molecule has 170 valence electrons. The Balaban J connectivity index is 1.41. The summed E-state index contributed by atoms with van der Waals surface area (Å²) in [7, 11) is 0. The van der Waals surface area contributed by atoms with Gasteiger partial charge < -0.3 is 4.74 Å². The zero-order valence-electron chi connectivity index (χ0n) is 18.4. The lowest BCUT2D eigenvalue weighted by molar-refractivity contribution is -0.177. The number of carbonyl (C=O) groups excluding carboxylic acids is 2. The molecule has 0 radical (unpaired) electrons. The normalized spacial score (nSPS) is 46.1. The fourth-order valence-electron chi connectivity index (χ4n) is 7.85. The minimum absolute atomic E-state index is 0.109. The van der Waals surface area contributed by atoms with Crippen LogP contribution in [0, 0.1) is 34.5 Å². The quantitative estimate of drug-likeness (QED) is 0.560. The Morgan fingerprint density at radius 3 is 2.47 bits per heavy atom. The number of carbonyl (C=O) groups is 2. The highest BCUT2D eigenvalue weighted by atomic mass is 19.4. The van der Waals surface area contributed by atoms with Crippen LogP contribution in [0.1, 0.15) is 85.0 Å². The van der Waals surface area contributed by atoms with E-state index in [0.29, 0.717) is 29.5 Å². The molecule has 0 N–H and O–H groups in total. The van der Waals surface area contributed by atoms with Crippen LogP contribution >= 0.6 is 0 Å².